The highest BCUT2D eigenvalue weighted by Gasteiger charge is 2.36. The Morgan fingerprint density at radius 2 is 2.13 bits per heavy atom. The molecule has 5 heteroatoms. The van der Waals surface area contributed by atoms with E-state index in [0.29, 0.717) is 6.61 Å². The third-order valence-electron chi connectivity index (χ3n) is 2.49. The van der Waals surface area contributed by atoms with Gasteiger partial charge in [0, 0.05) is 13.0 Å². The average Bonchev–Trinajstić information content (AvgIpc) is 2.24. The van der Waals surface area contributed by atoms with Crippen molar-refractivity contribution in [2.45, 2.75) is 50.8 Å². The minimum absolute atomic E-state index is 0.169. The number of ether oxygens (including phenoxy) is 2. The molecule has 0 aliphatic carbocycles. The van der Waals surface area contributed by atoms with Crippen LogP contribution in [0.3, 0.4) is 0 Å². The first-order valence-electron chi connectivity index (χ1n) is 5.43. The largest absolute Gasteiger partial charge is 0.394 e. The Morgan fingerprint density at radius 1 is 1.40 bits per heavy atom. The molecule has 0 bridgehead atoms. The lowest BCUT2D eigenvalue weighted by Gasteiger charge is -2.36. The molecule has 5 nitrogen and oxygen atoms in total. The second-order valence-corrected chi connectivity index (χ2v) is 3.83. The van der Waals surface area contributed by atoms with Crippen molar-refractivity contribution in [2.75, 3.05) is 13.2 Å². The molecule has 3 N–H and O–H groups in total. The van der Waals surface area contributed by atoms with Gasteiger partial charge in [0.05, 0.1) is 18.8 Å². The normalized spacial score (nSPS) is 36.8. The van der Waals surface area contributed by atoms with E-state index in [-0.39, 0.29) is 13.0 Å². The number of aliphatic hydroxyl groups is 3. The molecule has 1 aliphatic heterocycles. The zero-order valence-electron chi connectivity index (χ0n) is 9.00. The molecule has 15 heavy (non-hydrogen) atoms. The lowest BCUT2D eigenvalue weighted by Crippen LogP contribution is -2.50. The van der Waals surface area contributed by atoms with Crippen molar-refractivity contribution in [1.29, 1.82) is 0 Å². The zero-order chi connectivity index (χ0) is 11.3. The molecule has 1 rings (SSSR count). The van der Waals surface area contributed by atoms with E-state index >= 15 is 0 Å². The first-order valence-corrected chi connectivity index (χ1v) is 5.43. The lowest BCUT2D eigenvalue weighted by atomic mass is 10.0. The van der Waals surface area contributed by atoms with Crippen LogP contribution in [-0.4, -0.2) is 53.1 Å². The van der Waals surface area contributed by atoms with Crippen molar-refractivity contribution >= 4 is 0 Å². The molecule has 90 valence electrons. The van der Waals surface area contributed by atoms with Gasteiger partial charge in [0.15, 0.2) is 6.29 Å². The number of hydrogen-bond donors (Lipinski definition) is 3. The summed E-state index contributed by atoms with van der Waals surface area (Å²) in [7, 11) is 0. The smallest absolute Gasteiger partial charge is 0.186 e. The van der Waals surface area contributed by atoms with Gasteiger partial charge < -0.3 is 24.8 Å². The van der Waals surface area contributed by atoms with Crippen LogP contribution < -0.4 is 0 Å². The van der Waals surface area contributed by atoms with Crippen LogP contribution in [0.15, 0.2) is 0 Å². The summed E-state index contributed by atoms with van der Waals surface area (Å²) in [5.74, 6) is 0. The van der Waals surface area contributed by atoms with E-state index in [4.69, 9.17) is 14.6 Å². The lowest BCUT2D eigenvalue weighted by molar-refractivity contribution is -0.271. The predicted octanol–water partition coefficient (Wildman–Crippen LogP) is -0.368. The highest BCUT2D eigenvalue weighted by Crippen LogP contribution is 2.21. The molecule has 0 aromatic heterocycles. The monoisotopic (exact) mass is 220 g/mol. The van der Waals surface area contributed by atoms with Gasteiger partial charge in [0.2, 0.25) is 0 Å². The molecule has 1 unspecified atom stereocenters. The summed E-state index contributed by atoms with van der Waals surface area (Å²) in [5, 5.41) is 28.0. The van der Waals surface area contributed by atoms with Crippen molar-refractivity contribution < 1.29 is 24.8 Å². The van der Waals surface area contributed by atoms with Crippen LogP contribution >= 0.6 is 0 Å². The molecular formula is C10H20O5. The fraction of sp³-hybridized carbons (Fsp3) is 1.00. The summed E-state index contributed by atoms with van der Waals surface area (Å²) in [6.07, 6.45) is -1.06. The third kappa shape index (κ3) is 3.70. The van der Waals surface area contributed by atoms with Gasteiger partial charge in [-0.3, -0.25) is 0 Å². The average molecular weight is 220 g/mol. The summed E-state index contributed by atoms with van der Waals surface area (Å²) in [4.78, 5) is 0. The van der Waals surface area contributed by atoms with E-state index in [1.807, 2.05) is 6.92 Å². The van der Waals surface area contributed by atoms with E-state index in [2.05, 4.69) is 0 Å². The summed E-state index contributed by atoms with van der Waals surface area (Å²) in [6.45, 7) is 2.35. The Kier molecular flexibility index (Phi) is 5.49. The number of hydrogen-bond acceptors (Lipinski definition) is 5. The highest BCUT2D eigenvalue weighted by atomic mass is 16.7. The Balaban J connectivity index is 2.38. The SMILES string of the molecule is CCCCOC1O[C@H](CO)C[C@@H](O)[C@H]1O. The van der Waals surface area contributed by atoms with Crippen LogP contribution in [0, 0.1) is 0 Å². The second-order valence-electron chi connectivity index (χ2n) is 3.83. The van der Waals surface area contributed by atoms with Crippen LogP contribution in [-0.2, 0) is 9.47 Å². The van der Waals surface area contributed by atoms with Gasteiger partial charge in [0.1, 0.15) is 6.10 Å². The quantitative estimate of drug-likeness (QED) is 0.551. The fourth-order valence-electron chi connectivity index (χ4n) is 1.52. The van der Waals surface area contributed by atoms with Crippen molar-refractivity contribution in [1.82, 2.24) is 0 Å². The molecule has 0 radical (unpaired) electrons. The molecule has 0 spiro atoms. The van der Waals surface area contributed by atoms with E-state index < -0.39 is 24.6 Å². The zero-order valence-corrected chi connectivity index (χ0v) is 9.00. The van der Waals surface area contributed by atoms with Crippen molar-refractivity contribution in [3.8, 4) is 0 Å². The molecule has 0 saturated carbocycles. The van der Waals surface area contributed by atoms with Crippen LogP contribution in [0.5, 0.6) is 0 Å². The first kappa shape index (κ1) is 12.9. The maximum atomic E-state index is 9.57. The van der Waals surface area contributed by atoms with Crippen LogP contribution in [0.25, 0.3) is 0 Å². The van der Waals surface area contributed by atoms with Gasteiger partial charge in [0.25, 0.3) is 0 Å². The van der Waals surface area contributed by atoms with Crippen molar-refractivity contribution in [3.05, 3.63) is 0 Å². The van der Waals surface area contributed by atoms with Gasteiger partial charge >= 0.3 is 0 Å². The van der Waals surface area contributed by atoms with E-state index in [9.17, 15) is 10.2 Å². The first-order chi connectivity index (χ1) is 7.19. The second kappa shape index (κ2) is 6.40. The number of rotatable bonds is 5. The molecule has 1 fully saturated rings. The van der Waals surface area contributed by atoms with Crippen LogP contribution in [0.1, 0.15) is 26.2 Å². The molecular weight excluding hydrogens is 200 g/mol. The molecule has 0 aromatic rings. The summed E-state index contributed by atoms with van der Waals surface area (Å²) in [6, 6.07) is 0. The van der Waals surface area contributed by atoms with Gasteiger partial charge in [-0.25, -0.2) is 0 Å². The van der Waals surface area contributed by atoms with E-state index in [1.54, 1.807) is 0 Å². The van der Waals surface area contributed by atoms with Gasteiger partial charge in [-0.15, -0.1) is 0 Å². The summed E-state index contributed by atoms with van der Waals surface area (Å²) >= 11 is 0. The number of unbranched alkanes of at least 4 members (excludes halogenated alkanes) is 1. The molecule has 0 aromatic carbocycles. The highest BCUT2D eigenvalue weighted by molar-refractivity contribution is 4.80. The Morgan fingerprint density at radius 3 is 2.73 bits per heavy atom. The van der Waals surface area contributed by atoms with Gasteiger partial charge in [-0.05, 0) is 6.42 Å². The predicted molar refractivity (Wildman–Crippen MR) is 53.2 cm³/mol. The van der Waals surface area contributed by atoms with Crippen molar-refractivity contribution in [2.24, 2.45) is 0 Å². The minimum Gasteiger partial charge on any atom is -0.394 e. The van der Waals surface area contributed by atoms with Gasteiger partial charge in [-0.2, -0.15) is 0 Å². The Hall–Kier alpha value is -0.200. The summed E-state index contributed by atoms with van der Waals surface area (Å²) in [5.41, 5.74) is 0. The Labute approximate surface area is 89.6 Å². The third-order valence-corrected chi connectivity index (χ3v) is 2.49. The minimum atomic E-state index is -1.02. The van der Waals surface area contributed by atoms with Gasteiger partial charge in [-0.1, -0.05) is 13.3 Å². The Bertz CT molecular complexity index is 175. The molecule has 4 atom stereocenters. The molecule has 1 aliphatic rings. The standard InChI is InChI=1S/C10H20O5/c1-2-3-4-14-10-9(13)8(12)5-7(6-11)15-10/h7-13H,2-6H2,1H3/t7-,8+,9+,10?/m0/s1. The maximum Gasteiger partial charge on any atom is 0.186 e. The number of aliphatic hydroxyl groups excluding tert-OH is 3. The maximum absolute atomic E-state index is 9.57. The topological polar surface area (TPSA) is 79.2 Å². The summed E-state index contributed by atoms with van der Waals surface area (Å²) < 4.78 is 10.6. The molecule has 1 saturated heterocycles. The van der Waals surface area contributed by atoms with Crippen molar-refractivity contribution in [3.63, 3.8) is 0 Å². The fourth-order valence-corrected chi connectivity index (χ4v) is 1.52. The van der Waals surface area contributed by atoms with Crippen LogP contribution in [0.2, 0.25) is 0 Å². The molecule has 1 heterocycles. The van der Waals surface area contributed by atoms with E-state index in [1.165, 1.54) is 0 Å². The van der Waals surface area contributed by atoms with E-state index in [0.717, 1.165) is 12.8 Å². The van der Waals surface area contributed by atoms with Crippen LogP contribution in [0.4, 0.5) is 0 Å². The molecule has 0 amide bonds.